The number of rotatable bonds is 8. The number of benzene rings is 1. The van der Waals surface area contributed by atoms with Gasteiger partial charge in [-0.25, -0.2) is 0 Å². The summed E-state index contributed by atoms with van der Waals surface area (Å²) in [5, 5.41) is 9.51. The van der Waals surface area contributed by atoms with E-state index in [1.807, 2.05) is 31.2 Å². The van der Waals surface area contributed by atoms with Gasteiger partial charge < -0.3 is 10.0 Å². The second-order valence-corrected chi connectivity index (χ2v) is 5.59. The van der Waals surface area contributed by atoms with E-state index in [2.05, 4.69) is 0 Å². The Morgan fingerprint density at radius 2 is 2.05 bits per heavy atom. The average Bonchev–Trinajstić information content (AvgIpc) is 2.42. The van der Waals surface area contributed by atoms with Gasteiger partial charge in [-0.2, -0.15) is 0 Å². The summed E-state index contributed by atoms with van der Waals surface area (Å²) in [5.41, 5.74) is 1.17. The maximum Gasteiger partial charge on any atom is 0.232 e. The first-order valence-corrected chi connectivity index (χ1v) is 7.91. The Morgan fingerprint density at radius 3 is 2.63 bits per heavy atom. The molecule has 1 rings (SSSR count). The van der Waals surface area contributed by atoms with Gasteiger partial charge in [-0.1, -0.05) is 23.7 Å². The van der Waals surface area contributed by atoms with Crippen molar-refractivity contribution in [1.29, 1.82) is 0 Å². The van der Waals surface area contributed by atoms with Crippen LogP contribution in [0.2, 0.25) is 5.02 Å². The molecule has 0 saturated carbocycles. The Hall–Kier alpha value is -0.710. The fourth-order valence-electron chi connectivity index (χ4n) is 1.65. The lowest BCUT2D eigenvalue weighted by atomic mass is 10.2. The highest BCUT2D eigenvalue weighted by molar-refractivity contribution is 7.99. The normalized spacial score (nSPS) is 10.5. The number of aliphatic hydroxyl groups excluding tert-OH is 1. The van der Waals surface area contributed by atoms with Crippen LogP contribution in [0.15, 0.2) is 24.3 Å². The van der Waals surface area contributed by atoms with Gasteiger partial charge in [-0.05, 0) is 31.0 Å². The Bertz CT molecular complexity index is 384. The van der Waals surface area contributed by atoms with E-state index < -0.39 is 0 Å². The molecule has 0 aliphatic heterocycles. The third-order valence-corrected chi connectivity index (χ3v) is 3.97. The maximum atomic E-state index is 11.9. The number of hydrogen-bond acceptors (Lipinski definition) is 3. The first kappa shape index (κ1) is 16.3. The molecule has 5 heteroatoms. The van der Waals surface area contributed by atoms with Crippen LogP contribution in [0.5, 0.6) is 0 Å². The molecule has 0 unspecified atom stereocenters. The monoisotopic (exact) mass is 301 g/mol. The van der Waals surface area contributed by atoms with Crippen molar-refractivity contribution in [2.24, 2.45) is 0 Å². The molecule has 0 aromatic heterocycles. The molecule has 0 fully saturated rings. The van der Waals surface area contributed by atoms with Gasteiger partial charge in [0.15, 0.2) is 0 Å². The number of halogens is 1. The number of amides is 1. The lowest BCUT2D eigenvalue weighted by Gasteiger charge is -2.20. The molecule has 1 aromatic rings. The molecule has 0 radical (unpaired) electrons. The highest BCUT2D eigenvalue weighted by Crippen LogP contribution is 2.15. The van der Waals surface area contributed by atoms with Crippen LogP contribution in [0.25, 0.3) is 0 Å². The zero-order valence-electron chi connectivity index (χ0n) is 11.1. The van der Waals surface area contributed by atoms with Gasteiger partial charge >= 0.3 is 0 Å². The van der Waals surface area contributed by atoms with Crippen molar-refractivity contribution in [2.45, 2.75) is 19.1 Å². The van der Waals surface area contributed by atoms with Gasteiger partial charge in [-0.3, -0.25) is 4.79 Å². The summed E-state index contributed by atoms with van der Waals surface area (Å²) in [7, 11) is 0. The summed E-state index contributed by atoms with van der Waals surface area (Å²) < 4.78 is 0. The molecule has 106 valence electrons. The zero-order chi connectivity index (χ0) is 14.1. The van der Waals surface area contributed by atoms with E-state index in [1.165, 1.54) is 5.56 Å². The molecule has 3 nitrogen and oxygen atoms in total. The number of thioether (sulfide) groups is 1. The summed E-state index contributed by atoms with van der Waals surface area (Å²) in [6.07, 6.45) is 0.640. The van der Waals surface area contributed by atoms with E-state index in [1.54, 1.807) is 16.7 Å². The lowest BCUT2D eigenvalue weighted by Crippen LogP contribution is -2.33. The molecule has 0 aliphatic rings. The fourth-order valence-corrected chi connectivity index (χ4v) is 2.66. The minimum Gasteiger partial charge on any atom is -0.396 e. The SMILES string of the molecule is CCN(CCCO)C(=O)CSCc1ccc(Cl)cc1. The second kappa shape index (κ2) is 9.23. The predicted molar refractivity (Wildman–Crippen MR) is 81.6 cm³/mol. The molecule has 0 bridgehead atoms. The largest absolute Gasteiger partial charge is 0.396 e. The number of hydrogen-bond donors (Lipinski definition) is 1. The summed E-state index contributed by atoms with van der Waals surface area (Å²) in [6, 6.07) is 7.67. The summed E-state index contributed by atoms with van der Waals surface area (Å²) in [6.45, 7) is 3.41. The highest BCUT2D eigenvalue weighted by atomic mass is 35.5. The van der Waals surface area contributed by atoms with Crippen molar-refractivity contribution in [3.8, 4) is 0 Å². The smallest absolute Gasteiger partial charge is 0.232 e. The van der Waals surface area contributed by atoms with Crippen molar-refractivity contribution in [3.05, 3.63) is 34.9 Å². The van der Waals surface area contributed by atoms with Gasteiger partial charge in [0.05, 0.1) is 5.75 Å². The topological polar surface area (TPSA) is 40.5 Å². The summed E-state index contributed by atoms with van der Waals surface area (Å²) >= 11 is 7.42. The average molecular weight is 302 g/mol. The molecule has 1 aromatic carbocycles. The van der Waals surface area contributed by atoms with Gasteiger partial charge in [0.25, 0.3) is 0 Å². The zero-order valence-corrected chi connectivity index (χ0v) is 12.7. The minimum atomic E-state index is 0.127. The molecule has 0 spiro atoms. The second-order valence-electron chi connectivity index (χ2n) is 4.17. The Labute approximate surface area is 123 Å². The van der Waals surface area contributed by atoms with Gasteiger partial charge in [-0.15, -0.1) is 11.8 Å². The highest BCUT2D eigenvalue weighted by Gasteiger charge is 2.10. The third kappa shape index (κ3) is 6.32. The van der Waals surface area contributed by atoms with E-state index in [9.17, 15) is 4.79 Å². The maximum absolute atomic E-state index is 11.9. The molecule has 1 N–H and O–H groups in total. The first-order valence-electron chi connectivity index (χ1n) is 6.38. The van der Waals surface area contributed by atoms with Crippen LogP contribution in [0.4, 0.5) is 0 Å². The van der Waals surface area contributed by atoms with Crippen LogP contribution in [0.3, 0.4) is 0 Å². The third-order valence-electron chi connectivity index (χ3n) is 2.73. The molecule has 0 aliphatic carbocycles. The predicted octanol–water partition coefficient (Wildman–Crippen LogP) is 2.80. The number of aliphatic hydroxyl groups is 1. The summed E-state index contributed by atoms with van der Waals surface area (Å²) in [5.74, 6) is 1.41. The van der Waals surface area contributed by atoms with E-state index >= 15 is 0 Å². The molecule has 0 heterocycles. The fraction of sp³-hybridized carbons (Fsp3) is 0.500. The van der Waals surface area contributed by atoms with E-state index in [0.717, 1.165) is 10.8 Å². The van der Waals surface area contributed by atoms with Crippen LogP contribution in [0, 0.1) is 0 Å². The van der Waals surface area contributed by atoms with Crippen LogP contribution in [0.1, 0.15) is 18.9 Å². The molecular weight excluding hydrogens is 282 g/mol. The van der Waals surface area contributed by atoms with Crippen LogP contribution < -0.4 is 0 Å². The number of carbonyl (C=O) groups excluding carboxylic acids is 1. The van der Waals surface area contributed by atoms with Gasteiger partial charge in [0.1, 0.15) is 0 Å². The molecule has 19 heavy (non-hydrogen) atoms. The van der Waals surface area contributed by atoms with Crippen molar-refractivity contribution in [3.63, 3.8) is 0 Å². The van der Waals surface area contributed by atoms with Crippen molar-refractivity contribution in [1.82, 2.24) is 4.90 Å². The van der Waals surface area contributed by atoms with E-state index in [-0.39, 0.29) is 12.5 Å². The molecule has 1 amide bonds. The number of nitrogens with zero attached hydrogens (tertiary/aromatic N) is 1. The Kier molecular flexibility index (Phi) is 7.94. The van der Waals surface area contributed by atoms with Gasteiger partial charge in [0, 0.05) is 30.5 Å². The quantitative estimate of drug-likeness (QED) is 0.803. The van der Waals surface area contributed by atoms with E-state index in [0.29, 0.717) is 25.3 Å². The van der Waals surface area contributed by atoms with Crippen molar-refractivity contribution < 1.29 is 9.90 Å². The lowest BCUT2D eigenvalue weighted by molar-refractivity contribution is -0.128. The Morgan fingerprint density at radius 1 is 1.37 bits per heavy atom. The molecule has 0 atom stereocenters. The van der Waals surface area contributed by atoms with Crippen LogP contribution >= 0.6 is 23.4 Å². The number of carbonyl (C=O) groups is 1. The van der Waals surface area contributed by atoms with Crippen LogP contribution in [-0.4, -0.2) is 41.4 Å². The molecular formula is C14H20ClNO2S. The summed E-state index contributed by atoms with van der Waals surface area (Å²) in [4.78, 5) is 13.7. The first-order chi connectivity index (χ1) is 9.17. The van der Waals surface area contributed by atoms with Crippen molar-refractivity contribution >= 4 is 29.3 Å². The van der Waals surface area contributed by atoms with E-state index in [4.69, 9.17) is 16.7 Å². The van der Waals surface area contributed by atoms with Gasteiger partial charge in [0.2, 0.25) is 5.91 Å². The van der Waals surface area contributed by atoms with Crippen molar-refractivity contribution in [2.75, 3.05) is 25.4 Å². The Balaban J connectivity index is 2.31. The minimum absolute atomic E-state index is 0.127. The van der Waals surface area contributed by atoms with Crippen LogP contribution in [-0.2, 0) is 10.5 Å². The molecule has 0 saturated heterocycles. The standard InChI is InChI=1S/C14H20ClNO2S/c1-2-16(8-3-9-17)14(18)11-19-10-12-4-6-13(15)7-5-12/h4-7,17H,2-3,8-11H2,1H3.